The van der Waals surface area contributed by atoms with Gasteiger partial charge in [-0.05, 0) is 61.4 Å². The van der Waals surface area contributed by atoms with Crippen molar-refractivity contribution < 1.29 is 13.2 Å². The first-order chi connectivity index (χ1) is 17.7. The van der Waals surface area contributed by atoms with E-state index in [1.165, 1.54) is 4.31 Å². The second-order valence-corrected chi connectivity index (χ2v) is 12.3. The van der Waals surface area contributed by atoms with Gasteiger partial charge in [-0.15, -0.1) is 0 Å². The van der Waals surface area contributed by atoms with Gasteiger partial charge in [-0.2, -0.15) is 4.31 Å². The highest BCUT2D eigenvalue weighted by molar-refractivity contribution is 7.89. The number of halogens is 1. The Labute approximate surface area is 223 Å². The summed E-state index contributed by atoms with van der Waals surface area (Å²) in [5, 5.41) is 1.69. The Morgan fingerprint density at radius 3 is 2.43 bits per heavy atom. The van der Waals surface area contributed by atoms with Crippen LogP contribution < -0.4 is 9.80 Å². The third-order valence-corrected chi connectivity index (χ3v) is 9.45. The van der Waals surface area contributed by atoms with Crippen LogP contribution in [-0.4, -0.2) is 81.9 Å². The zero-order valence-corrected chi connectivity index (χ0v) is 22.7. The minimum absolute atomic E-state index is 0.0499. The molecule has 0 spiro atoms. The van der Waals surface area contributed by atoms with E-state index < -0.39 is 10.0 Å². The zero-order chi connectivity index (χ0) is 26.2. The molecular weight excluding hydrogens is 510 g/mol. The number of hydrogen-bond donors (Lipinski definition) is 0. The Balaban J connectivity index is 1.23. The van der Waals surface area contributed by atoms with Crippen molar-refractivity contribution in [2.24, 2.45) is 5.92 Å². The van der Waals surface area contributed by atoms with Crippen LogP contribution >= 0.6 is 11.6 Å². The number of piperazine rings is 1. The number of carbonyl (C=O) groups excluding carboxylic acids is 1. The summed E-state index contributed by atoms with van der Waals surface area (Å²) in [5.41, 5.74) is 2.88. The molecule has 1 aromatic heterocycles. The Morgan fingerprint density at radius 2 is 1.73 bits per heavy atom. The van der Waals surface area contributed by atoms with Crippen molar-refractivity contribution in [3.05, 3.63) is 59.8 Å². The van der Waals surface area contributed by atoms with Crippen molar-refractivity contribution in [1.29, 1.82) is 0 Å². The third kappa shape index (κ3) is 5.26. The molecule has 3 aromatic rings. The van der Waals surface area contributed by atoms with E-state index in [9.17, 15) is 13.2 Å². The van der Waals surface area contributed by atoms with Crippen LogP contribution in [0.5, 0.6) is 0 Å². The molecule has 2 fully saturated rings. The number of amides is 1. The first-order valence-corrected chi connectivity index (χ1v) is 14.4. The molecule has 0 radical (unpaired) electrons. The number of rotatable bonds is 5. The van der Waals surface area contributed by atoms with Crippen molar-refractivity contribution in [2.75, 3.05) is 63.2 Å². The van der Waals surface area contributed by atoms with Gasteiger partial charge in [0.1, 0.15) is 0 Å². The number of sulfonamides is 1. The number of fused-ring (bicyclic) bond motifs is 1. The van der Waals surface area contributed by atoms with E-state index in [-0.39, 0.29) is 23.3 Å². The molecule has 37 heavy (non-hydrogen) atoms. The fourth-order valence-electron chi connectivity index (χ4n) is 5.24. The van der Waals surface area contributed by atoms with Crippen molar-refractivity contribution >= 4 is 49.8 Å². The minimum Gasteiger partial charge on any atom is -0.378 e. The molecular formula is C27H32ClN5O3S. The quantitative estimate of drug-likeness (QED) is 0.490. The van der Waals surface area contributed by atoms with Gasteiger partial charge < -0.3 is 14.7 Å². The van der Waals surface area contributed by atoms with E-state index in [1.54, 1.807) is 30.5 Å². The first-order valence-electron chi connectivity index (χ1n) is 12.6. The van der Waals surface area contributed by atoms with E-state index in [0.717, 1.165) is 22.3 Å². The van der Waals surface area contributed by atoms with E-state index in [2.05, 4.69) is 9.88 Å². The molecule has 1 amide bonds. The molecule has 0 N–H and O–H groups in total. The van der Waals surface area contributed by atoms with Crippen molar-refractivity contribution in [3.8, 4) is 0 Å². The van der Waals surface area contributed by atoms with Gasteiger partial charge in [0, 0.05) is 81.3 Å². The van der Waals surface area contributed by atoms with Gasteiger partial charge in [-0.25, -0.2) is 8.42 Å². The summed E-state index contributed by atoms with van der Waals surface area (Å²) < 4.78 is 28.1. The molecule has 1 atom stereocenters. The van der Waals surface area contributed by atoms with Gasteiger partial charge in [0.2, 0.25) is 15.9 Å². The molecule has 2 aliphatic heterocycles. The van der Waals surface area contributed by atoms with Crippen LogP contribution in [0.3, 0.4) is 0 Å². The van der Waals surface area contributed by atoms with E-state index in [4.69, 9.17) is 11.6 Å². The average molecular weight is 542 g/mol. The number of pyridine rings is 1. The molecule has 5 rings (SSSR count). The highest BCUT2D eigenvalue weighted by atomic mass is 35.5. The van der Waals surface area contributed by atoms with Gasteiger partial charge in [0.25, 0.3) is 0 Å². The topological polar surface area (TPSA) is 77.1 Å². The average Bonchev–Trinajstić information content (AvgIpc) is 2.92. The van der Waals surface area contributed by atoms with Gasteiger partial charge >= 0.3 is 0 Å². The predicted molar refractivity (Wildman–Crippen MR) is 148 cm³/mol. The number of hydrogen-bond acceptors (Lipinski definition) is 6. The normalized spacial score (nSPS) is 19.3. The fourth-order valence-corrected chi connectivity index (χ4v) is 6.93. The minimum atomic E-state index is -3.65. The summed E-state index contributed by atoms with van der Waals surface area (Å²) >= 11 is 6.13. The predicted octanol–water partition coefficient (Wildman–Crippen LogP) is 3.70. The lowest BCUT2D eigenvalue weighted by atomic mass is 9.97. The largest absolute Gasteiger partial charge is 0.378 e. The van der Waals surface area contributed by atoms with Gasteiger partial charge in [0.15, 0.2) is 0 Å². The van der Waals surface area contributed by atoms with Crippen LogP contribution in [-0.2, 0) is 14.8 Å². The van der Waals surface area contributed by atoms with Crippen molar-refractivity contribution in [1.82, 2.24) is 14.2 Å². The summed E-state index contributed by atoms with van der Waals surface area (Å²) in [6.07, 6.45) is 3.17. The summed E-state index contributed by atoms with van der Waals surface area (Å²) in [7, 11) is 0.182. The Bertz CT molecular complexity index is 1390. The molecule has 1 unspecified atom stereocenters. The first kappa shape index (κ1) is 25.8. The lowest BCUT2D eigenvalue weighted by molar-refractivity contribution is -0.137. The number of anilines is 2. The third-order valence-electron chi connectivity index (χ3n) is 7.34. The maximum absolute atomic E-state index is 13.4. The van der Waals surface area contributed by atoms with Crippen LogP contribution in [0.25, 0.3) is 10.9 Å². The van der Waals surface area contributed by atoms with Crippen LogP contribution in [0.4, 0.5) is 11.4 Å². The summed E-state index contributed by atoms with van der Waals surface area (Å²) in [5.74, 6) is -0.270. The maximum Gasteiger partial charge on any atom is 0.243 e. The molecule has 2 aromatic carbocycles. The molecule has 2 aliphatic rings. The number of piperidine rings is 1. The van der Waals surface area contributed by atoms with Crippen LogP contribution in [0.15, 0.2) is 59.6 Å². The van der Waals surface area contributed by atoms with Gasteiger partial charge in [0.05, 0.1) is 16.3 Å². The molecule has 0 bridgehead atoms. The molecule has 10 heteroatoms. The summed E-state index contributed by atoms with van der Waals surface area (Å²) in [6.45, 7) is 3.29. The van der Waals surface area contributed by atoms with Crippen LogP contribution in [0.2, 0.25) is 5.02 Å². The number of carbonyl (C=O) groups is 1. The molecule has 0 aliphatic carbocycles. The lowest BCUT2D eigenvalue weighted by Gasteiger charge is -2.39. The highest BCUT2D eigenvalue weighted by Gasteiger charge is 2.36. The van der Waals surface area contributed by atoms with Crippen molar-refractivity contribution in [2.45, 2.75) is 17.7 Å². The van der Waals surface area contributed by atoms with E-state index in [0.29, 0.717) is 50.6 Å². The molecule has 0 saturated carbocycles. The number of nitrogens with zero attached hydrogens (tertiary/aromatic N) is 5. The Morgan fingerprint density at radius 1 is 1.00 bits per heavy atom. The smallest absolute Gasteiger partial charge is 0.243 e. The summed E-state index contributed by atoms with van der Waals surface area (Å²) in [6, 6.07) is 14.6. The van der Waals surface area contributed by atoms with Crippen molar-refractivity contribution in [3.63, 3.8) is 0 Å². The molecule has 2 saturated heterocycles. The lowest BCUT2D eigenvalue weighted by Crippen LogP contribution is -2.53. The zero-order valence-electron chi connectivity index (χ0n) is 21.2. The SMILES string of the molecule is CN(C)c1ccc(S(=O)(=O)N2CCCC(C(=O)N3CCN(c4ccnc5cc(Cl)ccc45)CC3)C2)cc1. The fraction of sp³-hybridized carbons (Fsp3) is 0.407. The molecule has 8 nitrogen and oxygen atoms in total. The molecule has 3 heterocycles. The Hall–Kier alpha value is -2.88. The van der Waals surface area contributed by atoms with Crippen LogP contribution in [0, 0.1) is 5.92 Å². The standard InChI is InChI=1S/C27H32ClN5O3S/c1-30(2)22-6-8-23(9-7-22)37(35,36)33-13-3-4-20(19-33)27(34)32-16-14-31(15-17-32)26-11-12-29-25-18-21(28)5-10-24(25)26/h5-12,18,20H,3-4,13-17,19H2,1-2H3. The van der Waals surface area contributed by atoms with Crippen LogP contribution in [0.1, 0.15) is 12.8 Å². The molecule has 196 valence electrons. The number of benzene rings is 2. The highest BCUT2D eigenvalue weighted by Crippen LogP contribution is 2.30. The van der Waals surface area contributed by atoms with Gasteiger partial charge in [-0.1, -0.05) is 11.6 Å². The van der Waals surface area contributed by atoms with E-state index >= 15 is 0 Å². The van der Waals surface area contributed by atoms with E-state index in [1.807, 2.05) is 48.2 Å². The summed E-state index contributed by atoms with van der Waals surface area (Å²) in [4.78, 5) is 24.2. The van der Waals surface area contributed by atoms with Gasteiger partial charge in [-0.3, -0.25) is 9.78 Å². The second-order valence-electron chi connectivity index (χ2n) is 9.89. The Kier molecular flexibility index (Phi) is 7.29. The number of aromatic nitrogens is 1. The maximum atomic E-state index is 13.4. The second kappa shape index (κ2) is 10.5. The monoisotopic (exact) mass is 541 g/mol.